The van der Waals surface area contributed by atoms with E-state index in [0.717, 1.165) is 18.9 Å². The van der Waals surface area contributed by atoms with Crippen molar-refractivity contribution in [3.8, 4) is 0 Å². The minimum absolute atomic E-state index is 0.481. The van der Waals surface area contributed by atoms with Crippen molar-refractivity contribution in [2.24, 2.45) is 5.92 Å². The molecule has 0 spiro atoms. The third-order valence-electron chi connectivity index (χ3n) is 3.95. The molecule has 2 atom stereocenters. The quantitative estimate of drug-likeness (QED) is 0.780. The zero-order chi connectivity index (χ0) is 11.1. The molecular weight excluding hydrogens is 200 g/mol. The lowest BCUT2D eigenvalue weighted by Gasteiger charge is -2.38. The Kier molecular flexibility index (Phi) is 2.46. The number of hydrogen-bond acceptors (Lipinski definition) is 3. The maximum absolute atomic E-state index is 4.38. The van der Waals surface area contributed by atoms with Crippen LogP contribution >= 0.6 is 0 Å². The molecule has 4 nitrogen and oxygen atoms in total. The largest absolute Gasteiger partial charge is 0.316 e. The first-order valence-corrected chi connectivity index (χ1v) is 6.41. The molecule has 3 rings (SSSR count). The van der Waals surface area contributed by atoms with E-state index in [1.165, 1.54) is 31.0 Å². The minimum Gasteiger partial charge on any atom is -0.316 e. The molecule has 0 radical (unpaired) electrons. The number of piperidine rings is 1. The molecule has 1 N–H and O–H groups in total. The maximum atomic E-state index is 4.38. The predicted octanol–water partition coefficient (Wildman–Crippen LogP) is 1.50. The first kappa shape index (κ1) is 10.3. The Morgan fingerprint density at radius 1 is 1.31 bits per heavy atom. The number of rotatable bonds is 1. The zero-order valence-corrected chi connectivity index (χ0v) is 10.1. The van der Waals surface area contributed by atoms with E-state index in [0.29, 0.717) is 12.0 Å². The first-order chi connectivity index (χ1) is 7.77. The van der Waals surface area contributed by atoms with Crippen molar-refractivity contribution in [1.29, 1.82) is 0 Å². The summed E-state index contributed by atoms with van der Waals surface area (Å²) in [5.74, 6) is 3.67. The second kappa shape index (κ2) is 3.84. The highest BCUT2D eigenvalue weighted by atomic mass is 15.3. The van der Waals surface area contributed by atoms with E-state index in [2.05, 4.69) is 33.9 Å². The normalized spacial score (nSPS) is 28.9. The van der Waals surface area contributed by atoms with E-state index in [1.807, 2.05) is 0 Å². The van der Waals surface area contributed by atoms with Gasteiger partial charge in [0.05, 0.1) is 0 Å². The van der Waals surface area contributed by atoms with Crippen LogP contribution in [0, 0.1) is 5.92 Å². The number of hydrogen-bond donors (Lipinski definition) is 1. The Morgan fingerprint density at radius 2 is 2.19 bits per heavy atom. The Labute approximate surface area is 96.4 Å². The molecule has 0 amide bonds. The standard InChI is InChI=1S/C12H20N4/c1-8(2)12-15-14-11-4-3-9-7-13-6-5-10(9)16(11)12/h8-10,13H,3-7H2,1-2H3/t9-,10+/m0/s1. The Balaban J connectivity index is 2.01. The van der Waals surface area contributed by atoms with Gasteiger partial charge in [0, 0.05) is 18.4 Å². The van der Waals surface area contributed by atoms with Crippen LogP contribution in [0.4, 0.5) is 0 Å². The fourth-order valence-corrected chi connectivity index (χ4v) is 3.12. The number of aromatic nitrogens is 3. The van der Waals surface area contributed by atoms with Crippen LogP contribution in [0.25, 0.3) is 0 Å². The van der Waals surface area contributed by atoms with Crippen molar-refractivity contribution < 1.29 is 0 Å². The second-order valence-corrected chi connectivity index (χ2v) is 5.36. The van der Waals surface area contributed by atoms with Gasteiger partial charge in [-0.1, -0.05) is 13.8 Å². The van der Waals surface area contributed by atoms with Gasteiger partial charge in [0.25, 0.3) is 0 Å². The van der Waals surface area contributed by atoms with Gasteiger partial charge in [-0.3, -0.25) is 0 Å². The Morgan fingerprint density at radius 3 is 3.00 bits per heavy atom. The van der Waals surface area contributed by atoms with Gasteiger partial charge in [0.2, 0.25) is 0 Å². The molecular formula is C12H20N4. The SMILES string of the molecule is CC(C)c1nnc2n1[C@@H]1CCNC[C@@H]1CC2. The fraction of sp³-hybridized carbons (Fsp3) is 0.833. The van der Waals surface area contributed by atoms with Crippen LogP contribution < -0.4 is 5.32 Å². The van der Waals surface area contributed by atoms with Gasteiger partial charge in [-0.2, -0.15) is 0 Å². The number of fused-ring (bicyclic) bond motifs is 3. The summed E-state index contributed by atoms with van der Waals surface area (Å²) in [6.07, 6.45) is 3.60. The lowest BCUT2D eigenvalue weighted by molar-refractivity contribution is 0.208. The average Bonchev–Trinajstić information content (AvgIpc) is 2.73. The van der Waals surface area contributed by atoms with Crippen molar-refractivity contribution in [3.63, 3.8) is 0 Å². The van der Waals surface area contributed by atoms with Gasteiger partial charge in [-0.25, -0.2) is 0 Å². The summed E-state index contributed by atoms with van der Waals surface area (Å²) in [5.41, 5.74) is 0. The van der Waals surface area contributed by atoms with Gasteiger partial charge in [0.1, 0.15) is 11.6 Å². The topological polar surface area (TPSA) is 42.7 Å². The van der Waals surface area contributed by atoms with Gasteiger partial charge in [-0.15, -0.1) is 10.2 Å². The monoisotopic (exact) mass is 220 g/mol. The Hall–Kier alpha value is -0.900. The van der Waals surface area contributed by atoms with E-state index < -0.39 is 0 Å². The molecule has 2 aliphatic rings. The summed E-state index contributed by atoms with van der Waals surface area (Å²) < 4.78 is 2.44. The minimum atomic E-state index is 0.481. The van der Waals surface area contributed by atoms with Crippen LogP contribution in [0.3, 0.4) is 0 Å². The molecule has 88 valence electrons. The van der Waals surface area contributed by atoms with E-state index in [1.54, 1.807) is 0 Å². The summed E-state index contributed by atoms with van der Waals surface area (Å²) in [6.45, 7) is 6.72. The highest BCUT2D eigenvalue weighted by Gasteiger charge is 2.34. The first-order valence-electron chi connectivity index (χ1n) is 6.41. The van der Waals surface area contributed by atoms with E-state index in [-0.39, 0.29) is 0 Å². The Bertz CT molecular complexity index is 382. The summed E-state index contributed by atoms with van der Waals surface area (Å²) in [6, 6.07) is 0.650. The molecule has 1 saturated heterocycles. The molecule has 0 aliphatic carbocycles. The smallest absolute Gasteiger partial charge is 0.135 e. The van der Waals surface area contributed by atoms with Gasteiger partial charge < -0.3 is 9.88 Å². The lowest BCUT2D eigenvalue weighted by Crippen LogP contribution is -2.41. The van der Waals surface area contributed by atoms with Crippen LogP contribution in [0.2, 0.25) is 0 Å². The molecule has 0 saturated carbocycles. The maximum Gasteiger partial charge on any atom is 0.135 e. The van der Waals surface area contributed by atoms with Crippen LogP contribution in [0.5, 0.6) is 0 Å². The van der Waals surface area contributed by atoms with Gasteiger partial charge in [-0.05, 0) is 31.8 Å². The van der Waals surface area contributed by atoms with Crippen molar-refractivity contribution in [1.82, 2.24) is 20.1 Å². The zero-order valence-electron chi connectivity index (χ0n) is 10.1. The molecule has 0 unspecified atom stereocenters. The van der Waals surface area contributed by atoms with E-state index in [9.17, 15) is 0 Å². The second-order valence-electron chi connectivity index (χ2n) is 5.36. The van der Waals surface area contributed by atoms with Crippen molar-refractivity contribution in [3.05, 3.63) is 11.6 Å². The number of nitrogens with one attached hydrogen (secondary N) is 1. The molecule has 0 aromatic carbocycles. The molecule has 3 heterocycles. The number of aryl methyl sites for hydroxylation is 1. The summed E-state index contributed by atoms with van der Waals surface area (Å²) in [5, 5.41) is 12.2. The van der Waals surface area contributed by atoms with Crippen LogP contribution in [0.15, 0.2) is 0 Å². The highest BCUT2D eigenvalue weighted by Crippen LogP contribution is 2.35. The number of nitrogens with zero attached hydrogens (tertiary/aromatic N) is 3. The third kappa shape index (κ3) is 1.47. The van der Waals surface area contributed by atoms with Crippen LogP contribution in [-0.2, 0) is 6.42 Å². The molecule has 2 aliphatic heterocycles. The lowest BCUT2D eigenvalue weighted by atomic mass is 9.86. The van der Waals surface area contributed by atoms with Gasteiger partial charge >= 0.3 is 0 Å². The molecule has 1 aromatic heterocycles. The third-order valence-corrected chi connectivity index (χ3v) is 3.95. The van der Waals surface area contributed by atoms with Crippen molar-refractivity contribution >= 4 is 0 Å². The van der Waals surface area contributed by atoms with Gasteiger partial charge in [0.15, 0.2) is 0 Å². The average molecular weight is 220 g/mol. The summed E-state index contributed by atoms with van der Waals surface area (Å²) >= 11 is 0. The summed E-state index contributed by atoms with van der Waals surface area (Å²) in [4.78, 5) is 0. The highest BCUT2D eigenvalue weighted by molar-refractivity contribution is 5.08. The van der Waals surface area contributed by atoms with Crippen molar-refractivity contribution in [2.75, 3.05) is 13.1 Å². The van der Waals surface area contributed by atoms with Crippen LogP contribution in [0.1, 0.15) is 50.3 Å². The van der Waals surface area contributed by atoms with Crippen molar-refractivity contribution in [2.45, 2.75) is 45.1 Å². The predicted molar refractivity (Wildman–Crippen MR) is 62.4 cm³/mol. The molecule has 1 aromatic rings. The molecule has 0 bridgehead atoms. The van der Waals surface area contributed by atoms with Crippen LogP contribution in [-0.4, -0.2) is 27.9 Å². The van der Waals surface area contributed by atoms with E-state index in [4.69, 9.17) is 0 Å². The molecule has 16 heavy (non-hydrogen) atoms. The summed E-state index contributed by atoms with van der Waals surface area (Å²) in [7, 11) is 0. The van der Waals surface area contributed by atoms with E-state index >= 15 is 0 Å². The molecule has 1 fully saturated rings. The molecule has 4 heteroatoms. The fourth-order valence-electron chi connectivity index (χ4n) is 3.12.